The van der Waals surface area contributed by atoms with Crippen molar-refractivity contribution in [3.05, 3.63) is 88.2 Å². The molecule has 0 saturated carbocycles. The van der Waals surface area contributed by atoms with Gasteiger partial charge in [-0.15, -0.1) is 0 Å². The molecule has 0 atom stereocenters. The molecular weight excluding hydrogens is 486 g/mol. The number of para-hydroxylation sites is 1. The van der Waals surface area contributed by atoms with Crippen molar-refractivity contribution in [3.63, 3.8) is 0 Å². The molecule has 0 spiro atoms. The van der Waals surface area contributed by atoms with Crippen LogP contribution in [0.4, 0.5) is 5.69 Å². The second-order valence-corrected chi connectivity index (χ2v) is 9.48. The molecule has 8 nitrogen and oxygen atoms in total. The first-order valence-electron chi connectivity index (χ1n) is 12.1. The standard InChI is InChI=1S/C28H29N5O3S/c1-4-32(5-2)22-15-12-20(25(34)16-22)17-29-31-26(35)18-37-28-30-24-9-7-6-8-23(24)27(36)33(28)21-13-10-19(3)11-14-21/h6-17,34H,4-5,18H2,1-3H3,(H,31,35)/b29-17-. The molecule has 1 aromatic heterocycles. The number of carbonyl (C=O) groups excluding carboxylic acids is 1. The fraction of sp³-hybridized carbons (Fsp3) is 0.214. The van der Waals surface area contributed by atoms with Gasteiger partial charge in [0.1, 0.15) is 5.69 Å². The summed E-state index contributed by atoms with van der Waals surface area (Å²) in [6.07, 6.45) is 1.35. The highest BCUT2D eigenvalue weighted by Crippen LogP contribution is 2.21. The number of hydrogen-bond acceptors (Lipinski definition) is 6. The fourth-order valence-electron chi connectivity index (χ4n) is 3.99. The number of hydrazone groups is 1. The number of amides is 1. The van der Waals surface area contributed by atoms with Crippen molar-refractivity contribution in [3.8, 4) is 11.4 Å². The Morgan fingerprint density at radius 2 is 1.84 bits per heavy atom. The summed E-state index contributed by atoms with van der Waals surface area (Å²) in [4.78, 5) is 31.7. The van der Waals surface area contributed by atoms with E-state index in [9.17, 15) is 14.7 Å². The summed E-state index contributed by atoms with van der Waals surface area (Å²) in [5.74, 6) is -0.537. The summed E-state index contributed by atoms with van der Waals surface area (Å²) in [6.45, 7) is 7.89. The zero-order chi connectivity index (χ0) is 26.4. The van der Waals surface area contributed by atoms with Crippen molar-refractivity contribution in [2.45, 2.75) is 25.9 Å². The maximum absolute atomic E-state index is 13.3. The number of benzene rings is 3. The molecule has 1 heterocycles. The van der Waals surface area contributed by atoms with Gasteiger partial charge >= 0.3 is 0 Å². The molecule has 0 bridgehead atoms. The van der Waals surface area contributed by atoms with Crippen molar-refractivity contribution in [2.24, 2.45) is 5.10 Å². The van der Waals surface area contributed by atoms with E-state index >= 15 is 0 Å². The molecule has 0 fully saturated rings. The average molecular weight is 516 g/mol. The first-order chi connectivity index (χ1) is 17.9. The van der Waals surface area contributed by atoms with Gasteiger partial charge in [0.25, 0.3) is 11.5 Å². The Hall–Kier alpha value is -3.95. The Bertz CT molecular complexity index is 1490. The quantitative estimate of drug-likeness (QED) is 0.154. The van der Waals surface area contributed by atoms with Gasteiger partial charge in [0.15, 0.2) is 5.16 Å². The van der Waals surface area contributed by atoms with Crippen LogP contribution in [0.15, 0.2) is 81.8 Å². The second-order valence-electron chi connectivity index (χ2n) is 8.53. The van der Waals surface area contributed by atoms with Crippen LogP contribution in [0.3, 0.4) is 0 Å². The van der Waals surface area contributed by atoms with Crippen molar-refractivity contribution >= 4 is 40.5 Å². The number of fused-ring (bicyclic) bond motifs is 1. The molecule has 0 radical (unpaired) electrons. The van der Waals surface area contributed by atoms with Crippen LogP contribution in [0.25, 0.3) is 16.6 Å². The maximum atomic E-state index is 13.3. The number of thioether (sulfide) groups is 1. The van der Waals surface area contributed by atoms with Crippen LogP contribution in [0.1, 0.15) is 25.0 Å². The van der Waals surface area contributed by atoms with Crippen LogP contribution in [0.5, 0.6) is 5.75 Å². The molecule has 37 heavy (non-hydrogen) atoms. The molecule has 4 rings (SSSR count). The lowest BCUT2D eigenvalue weighted by molar-refractivity contribution is -0.828. The summed E-state index contributed by atoms with van der Waals surface area (Å²) >= 11 is 1.14. The monoisotopic (exact) mass is 515 g/mol. The van der Waals surface area contributed by atoms with Gasteiger partial charge in [-0.2, -0.15) is 5.10 Å². The minimum atomic E-state index is -0.379. The molecular formula is C28H29N5O3S. The summed E-state index contributed by atoms with van der Waals surface area (Å²) in [7, 11) is 0. The van der Waals surface area contributed by atoms with Gasteiger partial charge in [0.2, 0.25) is 0 Å². The normalized spacial score (nSPS) is 11.5. The molecule has 3 aromatic carbocycles. The highest BCUT2D eigenvalue weighted by Gasteiger charge is 2.15. The topological polar surface area (TPSA) is 104 Å². The van der Waals surface area contributed by atoms with E-state index in [4.69, 9.17) is 0 Å². The Morgan fingerprint density at radius 1 is 1.11 bits per heavy atom. The number of aryl methyl sites for hydroxylation is 1. The van der Waals surface area contributed by atoms with Gasteiger partial charge < -0.3 is 10.0 Å². The molecule has 190 valence electrons. The summed E-state index contributed by atoms with van der Waals surface area (Å²) in [5, 5.41) is 17.3. The Morgan fingerprint density at radius 3 is 2.54 bits per heavy atom. The van der Waals surface area contributed by atoms with Gasteiger partial charge in [-0.25, -0.2) is 10.4 Å². The number of nitrogens with one attached hydrogen (secondary N) is 2. The Kier molecular flexibility index (Phi) is 8.37. The number of quaternary nitrogens is 1. The molecule has 9 heteroatoms. The van der Waals surface area contributed by atoms with E-state index in [1.807, 2.05) is 43.3 Å². The average Bonchev–Trinajstić information content (AvgIpc) is 2.90. The Balaban J connectivity index is 1.49. The van der Waals surface area contributed by atoms with Gasteiger partial charge in [-0.1, -0.05) is 47.3 Å². The number of aromatic nitrogens is 2. The zero-order valence-electron chi connectivity index (χ0n) is 21.0. The smallest absolute Gasteiger partial charge is 0.266 e. The second kappa shape index (κ2) is 11.9. The van der Waals surface area contributed by atoms with Crippen molar-refractivity contribution in [1.82, 2.24) is 15.0 Å². The van der Waals surface area contributed by atoms with E-state index in [0.717, 1.165) is 36.1 Å². The van der Waals surface area contributed by atoms with Crippen LogP contribution < -0.4 is 21.0 Å². The predicted molar refractivity (Wildman–Crippen MR) is 146 cm³/mol. The lowest BCUT2D eigenvalue weighted by Gasteiger charge is -2.18. The molecule has 4 aromatic rings. The largest absolute Gasteiger partial charge is 0.872 e. The maximum Gasteiger partial charge on any atom is 0.266 e. The minimum Gasteiger partial charge on any atom is -0.872 e. The number of rotatable bonds is 9. The SMILES string of the molecule is CC[NH+](CC)c1ccc(/C=N\NC(=O)CSc2nc3ccccc3c(=O)n2-c2ccc(C)cc2)c([O-])c1. The molecule has 0 aliphatic carbocycles. The molecule has 0 aliphatic rings. The summed E-state index contributed by atoms with van der Waals surface area (Å²) < 4.78 is 1.52. The van der Waals surface area contributed by atoms with E-state index in [1.165, 1.54) is 15.7 Å². The Labute approximate surface area is 219 Å². The third-order valence-electron chi connectivity index (χ3n) is 6.04. The molecule has 0 unspecified atom stereocenters. The molecule has 1 amide bonds. The third kappa shape index (κ3) is 6.07. The van der Waals surface area contributed by atoms with Gasteiger partial charge in [-0.3, -0.25) is 14.2 Å². The lowest BCUT2D eigenvalue weighted by Crippen LogP contribution is -3.06. The number of nitrogens with zero attached hydrogens (tertiary/aromatic N) is 3. The van der Waals surface area contributed by atoms with Gasteiger partial charge in [0.05, 0.1) is 41.6 Å². The van der Waals surface area contributed by atoms with Crippen LogP contribution in [-0.4, -0.2) is 40.5 Å². The summed E-state index contributed by atoms with van der Waals surface area (Å²) in [6, 6.07) is 19.9. The van der Waals surface area contributed by atoms with Gasteiger partial charge in [-0.05, 0) is 68.8 Å². The van der Waals surface area contributed by atoms with E-state index in [0.29, 0.717) is 27.3 Å². The van der Waals surface area contributed by atoms with Gasteiger partial charge in [0, 0.05) is 0 Å². The van der Waals surface area contributed by atoms with Crippen LogP contribution >= 0.6 is 11.8 Å². The van der Waals surface area contributed by atoms with E-state index in [1.54, 1.807) is 30.3 Å². The molecule has 2 N–H and O–H groups in total. The van der Waals surface area contributed by atoms with Crippen LogP contribution in [-0.2, 0) is 4.79 Å². The van der Waals surface area contributed by atoms with E-state index in [-0.39, 0.29) is 23.0 Å². The van der Waals surface area contributed by atoms with Crippen molar-refractivity contribution < 1.29 is 14.8 Å². The fourth-order valence-corrected chi connectivity index (χ4v) is 4.79. The first-order valence-corrected chi connectivity index (χ1v) is 13.1. The van der Waals surface area contributed by atoms with Crippen molar-refractivity contribution in [1.29, 1.82) is 0 Å². The number of hydrogen-bond donors (Lipinski definition) is 2. The van der Waals surface area contributed by atoms with E-state index in [2.05, 4.69) is 29.4 Å². The minimum absolute atomic E-state index is 0.0114. The lowest BCUT2D eigenvalue weighted by atomic mass is 10.2. The number of carbonyl (C=O) groups is 1. The first kappa shape index (κ1) is 26.1. The van der Waals surface area contributed by atoms with Crippen LogP contribution in [0, 0.1) is 6.92 Å². The highest BCUT2D eigenvalue weighted by molar-refractivity contribution is 7.99. The highest BCUT2D eigenvalue weighted by atomic mass is 32.2. The summed E-state index contributed by atoms with van der Waals surface area (Å²) in [5.41, 5.74) is 5.90. The molecule has 0 aliphatic heterocycles. The van der Waals surface area contributed by atoms with E-state index < -0.39 is 0 Å². The van der Waals surface area contributed by atoms with Crippen LogP contribution in [0.2, 0.25) is 0 Å². The molecule has 0 saturated heterocycles. The van der Waals surface area contributed by atoms with Crippen molar-refractivity contribution in [2.75, 3.05) is 18.8 Å². The zero-order valence-corrected chi connectivity index (χ0v) is 21.8. The predicted octanol–water partition coefficient (Wildman–Crippen LogP) is 2.57. The third-order valence-corrected chi connectivity index (χ3v) is 6.98.